The minimum Gasteiger partial charge on any atom is -0.373 e. The Hall–Kier alpha value is -1.62. The summed E-state index contributed by atoms with van der Waals surface area (Å²) in [6, 6.07) is 3.76. The number of hydrogen-bond donors (Lipinski definition) is 1. The fourth-order valence-corrected chi connectivity index (χ4v) is 3.51. The first-order valence-electron chi connectivity index (χ1n) is 8.61. The number of anilines is 1. The number of nitrogens with one attached hydrogen (secondary N) is 1. The molecule has 1 N–H and O–H groups in total. The third-order valence-corrected chi connectivity index (χ3v) is 5.01. The molecule has 2 saturated heterocycles. The molecule has 3 heterocycles. The van der Waals surface area contributed by atoms with Crippen LogP contribution >= 0.6 is 0 Å². The molecule has 0 spiro atoms. The van der Waals surface area contributed by atoms with Crippen LogP contribution in [0, 0.1) is 5.92 Å². The highest BCUT2D eigenvalue weighted by Crippen LogP contribution is 2.26. The van der Waals surface area contributed by atoms with Crippen molar-refractivity contribution >= 4 is 11.7 Å². The molecule has 2 atom stereocenters. The van der Waals surface area contributed by atoms with Crippen molar-refractivity contribution in [2.45, 2.75) is 51.7 Å². The fraction of sp³-hybridized carbons (Fsp3) is 0.667. The van der Waals surface area contributed by atoms with Gasteiger partial charge in [-0.1, -0.05) is 6.92 Å². The molecular formula is C18H27N3O2. The molecular weight excluding hydrogens is 290 g/mol. The van der Waals surface area contributed by atoms with Gasteiger partial charge in [-0.2, -0.15) is 0 Å². The summed E-state index contributed by atoms with van der Waals surface area (Å²) < 4.78 is 5.69. The van der Waals surface area contributed by atoms with Crippen molar-refractivity contribution in [2.75, 3.05) is 24.6 Å². The number of carbonyl (C=O) groups excluding carboxylic acids is 1. The number of carbonyl (C=O) groups is 1. The number of amides is 1. The van der Waals surface area contributed by atoms with Crippen molar-refractivity contribution in [1.82, 2.24) is 10.3 Å². The van der Waals surface area contributed by atoms with Crippen LogP contribution in [0.15, 0.2) is 18.3 Å². The minimum absolute atomic E-state index is 0.0396. The molecule has 1 amide bonds. The van der Waals surface area contributed by atoms with Crippen molar-refractivity contribution < 1.29 is 9.53 Å². The average molecular weight is 317 g/mol. The molecule has 0 bridgehead atoms. The van der Waals surface area contributed by atoms with Crippen LogP contribution in [-0.2, 0) is 4.74 Å². The molecule has 5 nitrogen and oxygen atoms in total. The highest BCUT2D eigenvalue weighted by atomic mass is 16.5. The monoisotopic (exact) mass is 317 g/mol. The molecule has 126 valence electrons. The van der Waals surface area contributed by atoms with E-state index in [4.69, 9.17) is 4.74 Å². The van der Waals surface area contributed by atoms with Crippen molar-refractivity contribution in [2.24, 2.45) is 5.92 Å². The lowest BCUT2D eigenvalue weighted by Crippen LogP contribution is -2.46. The van der Waals surface area contributed by atoms with Gasteiger partial charge in [0.05, 0.1) is 11.6 Å². The molecule has 0 aliphatic carbocycles. The van der Waals surface area contributed by atoms with Gasteiger partial charge in [0.25, 0.3) is 5.91 Å². The standard InChI is InChI=1S/C18H27N3O2/c1-13-5-4-9-21(12-13)16-11-14(6-8-19-16)17(22)20-15-7-10-23-18(15,2)3/h6,8,11,13,15H,4-5,7,9-10,12H2,1-3H3,(H,20,22). The van der Waals surface area contributed by atoms with E-state index in [-0.39, 0.29) is 17.6 Å². The van der Waals surface area contributed by atoms with Crippen molar-refractivity contribution in [3.63, 3.8) is 0 Å². The van der Waals surface area contributed by atoms with Gasteiger partial charge in [0.1, 0.15) is 5.82 Å². The Morgan fingerprint density at radius 2 is 2.26 bits per heavy atom. The van der Waals surface area contributed by atoms with Crippen LogP contribution in [0.1, 0.15) is 50.4 Å². The van der Waals surface area contributed by atoms with E-state index >= 15 is 0 Å². The maximum Gasteiger partial charge on any atom is 0.251 e. The zero-order chi connectivity index (χ0) is 16.4. The van der Waals surface area contributed by atoms with Gasteiger partial charge < -0.3 is 15.0 Å². The molecule has 2 fully saturated rings. The lowest BCUT2D eigenvalue weighted by molar-refractivity contribution is 0.0213. The second kappa shape index (κ2) is 6.48. The van der Waals surface area contributed by atoms with E-state index in [0.29, 0.717) is 18.1 Å². The molecule has 5 heteroatoms. The first-order chi connectivity index (χ1) is 11.0. The van der Waals surface area contributed by atoms with Gasteiger partial charge in [-0.3, -0.25) is 4.79 Å². The molecule has 23 heavy (non-hydrogen) atoms. The van der Waals surface area contributed by atoms with Crippen LogP contribution in [0.4, 0.5) is 5.82 Å². The van der Waals surface area contributed by atoms with Gasteiger partial charge in [0.15, 0.2) is 0 Å². The molecule has 2 aliphatic rings. The molecule has 2 aliphatic heterocycles. The number of nitrogens with zero attached hydrogens (tertiary/aromatic N) is 2. The number of aromatic nitrogens is 1. The van der Waals surface area contributed by atoms with Crippen molar-refractivity contribution in [3.8, 4) is 0 Å². The predicted molar refractivity (Wildman–Crippen MR) is 90.8 cm³/mol. The number of pyridine rings is 1. The van der Waals surface area contributed by atoms with E-state index in [9.17, 15) is 4.79 Å². The summed E-state index contributed by atoms with van der Waals surface area (Å²) >= 11 is 0. The summed E-state index contributed by atoms with van der Waals surface area (Å²) in [4.78, 5) is 19.3. The Labute approximate surface area is 138 Å². The van der Waals surface area contributed by atoms with E-state index in [1.54, 1.807) is 12.3 Å². The van der Waals surface area contributed by atoms with Crippen LogP contribution in [0.3, 0.4) is 0 Å². The van der Waals surface area contributed by atoms with Crippen molar-refractivity contribution in [3.05, 3.63) is 23.9 Å². The van der Waals surface area contributed by atoms with Gasteiger partial charge in [-0.25, -0.2) is 4.98 Å². The number of piperidine rings is 1. The summed E-state index contributed by atoms with van der Waals surface area (Å²) in [5.41, 5.74) is 0.379. The van der Waals surface area contributed by atoms with E-state index in [1.807, 2.05) is 19.9 Å². The molecule has 2 unspecified atom stereocenters. The Balaban J connectivity index is 1.70. The lowest BCUT2D eigenvalue weighted by Gasteiger charge is -2.32. The summed E-state index contributed by atoms with van der Waals surface area (Å²) in [6.45, 7) is 9.06. The Morgan fingerprint density at radius 1 is 1.43 bits per heavy atom. The summed E-state index contributed by atoms with van der Waals surface area (Å²) in [7, 11) is 0. The summed E-state index contributed by atoms with van der Waals surface area (Å²) in [5, 5.41) is 3.11. The molecule has 0 saturated carbocycles. The van der Waals surface area contributed by atoms with E-state index in [2.05, 4.69) is 22.1 Å². The second-order valence-electron chi connectivity index (χ2n) is 7.36. The molecule has 0 aromatic carbocycles. The first-order valence-corrected chi connectivity index (χ1v) is 8.61. The van der Waals surface area contributed by atoms with Gasteiger partial charge in [0.2, 0.25) is 0 Å². The van der Waals surface area contributed by atoms with Crippen LogP contribution in [-0.4, -0.2) is 42.2 Å². The number of hydrogen-bond acceptors (Lipinski definition) is 4. The highest BCUT2D eigenvalue weighted by molar-refractivity contribution is 5.95. The van der Waals surface area contributed by atoms with E-state index in [1.165, 1.54) is 12.8 Å². The van der Waals surface area contributed by atoms with Crippen LogP contribution in [0.25, 0.3) is 0 Å². The Morgan fingerprint density at radius 3 is 2.96 bits per heavy atom. The van der Waals surface area contributed by atoms with Crippen LogP contribution in [0.2, 0.25) is 0 Å². The number of rotatable bonds is 3. The van der Waals surface area contributed by atoms with E-state index in [0.717, 1.165) is 25.3 Å². The average Bonchev–Trinajstić information content (AvgIpc) is 2.86. The quantitative estimate of drug-likeness (QED) is 0.931. The maximum absolute atomic E-state index is 12.6. The Bertz CT molecular complexity index is 573. The Kier molecular flexibility index (Phi) is 4.57. The van der Waals surface area contributed by atoms with Crippen molar-refractivity contribution in [1.29, 1.82) is 0 Å². The minimum atomic E-state index is -0.298. The zero-order valence-corrected chi connectivity index (χ0v) is 14.3. The second-order valence-corrected chi connectivity index (χ2v) is 7.36. The molecule has 1 aromatic heterocycles. The third kappa shape index (κ3) is 3.66. The summed E-state index contributed by atoms with van der Waals surface area (Å²) in [5.74, 6) is 1.55. The zero-order valence-electron chi connectivity index (χ0n) is 14.3. The maximum atomic E-state index is 12.6. The molecule has 1 aromatic rings. The fourth-order valence-electron chi connectivity index (χ4n) is 3.51. The SMILES string of the molecule is CC1CCCN(c2cc(C(=O)NC3CCOC3(C)C)ccn2)C1. The molecule has 3 rings (SSSR count). The van der Waals surface area contributed by atoms with Crippen LogP contribution < -0.4 is 10.2 Å². The van der Waals surface area contributed by atoms with Gasteiger partial charge >= 0.3 is 0 Å². The summed E-state index contributed by atoms with van der Waals surface area (Å²) in [6.07, 6.45) is 5.06. The van der Waals surface area contributed by atoms with Gasteiger partial charge in [-0.15, -0.1) is 0 Å². The lowest BCUT2D eigenvalue weighted by atomic mass is 9.98. The van der Waals surface area contributed by atoms with Gasteiger partial charge in [0, 0.05) is 31.5 Å². The molecule has 0 radical (unpaired) electrons. The first kappa shape index (κ1) is 16.2. The topological polar surface area (TPSA) is 54.5 Å². The van der Waals surface area contributed by atoms with E-state index < -0.39 is 0 Å². The smallest absolute Gasteiger partial charge is 0.251 e. The third-order valence-electron chi connectivity index (χ3n) is 5.01. The largest absolute Gasteiger partial charge is 0.373 e. The predicted octanol–water partition coefficient (Wildman–Crippen LogP) is 2.62. The van der Waals surface area contributed by atoms with Crippen LogP contribution in [0.5, 0.6) is 0 Å². The normalized spacial score (nSPS) is 27.0. The van der Waals surface area contributed by atoms with Gasteiger partial charge in [-0.05, 0) is 51.2 Å². The highest BCUT2D eigenvalue weighted by Gasteiger charge is 2.36. The number of ether oxygens (including phenoxy) is 1.